The maximum absolute atomic E-state index is 11.4. The molecule has 0 aromatic rings. The molecule has 1 unspecified atom stereocenters. The fourth-order valence-electron chi connectivity index (χ4n) is 1.21. The van der Waals surface area contributed by atoms with Crippen molar-refractivity contribution < 1.29 is 54.9 Å². The van der Waals surface area contributed by atoms with Crippen LogP contribution in [0.1, 0.15) is 6.42 Å². The second-order valence-electron chi connectivity index (χ2n) is 4.04. The molecule has 0 radical (unpaired) electrons. The third kappa shape index (κ3) is 6.01. The van der Waals surface area contributed by atoms with E-state index < -0.39 is 61.5 Å². The molecule has 0 bridgehead atoms. The Labute approximate surface area is 117 Å². The number of carboxylic acid groups (broad SMARTS) is 2. The molecular formula is C10H16O11. The van der Waals surface area contributed by atoms with Gasteiger partial charge in [0.15, 0.2) is 6.10 Å². The SMILES string of the molecule is O=C(O)CC(OC(=O)[C@H](O)[C@@H](O)[C@H](O)[C@H](O)CO)C(=O)O. The molecule has 7 N–H and O–H groups in total. The van der Waals surface area contributed by atoms with Crippen LogP contribution in [0.15, 0.2) is 0 Å². The number of rotatable bonds is 9. The molecule has 0 aliphatic heterocycles. The number of carbonyl (C=O) groups is 3. The van der Waals surface area contributed by atoms with Gasteiger partial charge < -0.3 is 40.5 Å². The molecule has 0 spiro atoms. The van der Waals surface area contributed by atoms with E-state index in [1.165, 1.54) is 0 Å². The van der Waals surface area contributed by atoms with Crippen molar-refractivity contribution in [3.05, 3.63) is 0 Å². The standard InChI is InChI=1S/C10H16O11/c11-2-3(12)6(15)7(16)8(17)10(20)21-4(9(18)19)1-5(13)14/h3-4,6-8,11-12,15-17H,1-2H2,(H,13,14)(H,18,19)/t3-,4?,6-,7+,8-/m1/s1. The minimum atomic E-state index is -2.45. The smallest absolute Gasteiger partial charge is 0.345 e. The zero-order valence-electron chi connectivity index (χ0n) is 10.6. The van der Waals surface area contributed by atoms with Gasteiger partial charge in [0, 0.05) is 0 Å². The summed E-state index contributed by atoms with van der Waals surface area (Å²) in [6, 6.07) is 0. The summed E-state index contributed by atoms with van der Waals surface area (Å²) in [6.07, 6.45) is -11.9. The largest absolute Gasteiger partial charge is 0.481 e. The van der Waals surface area contributed by atoms with Gasteiger partial charge in [0.2, 0.25) is 6.10 Å². The number of aliphatic hydroxyl groups is 5. The van der Waals surface area contributed by atoms with E-state index in [9.17, 15) is 29.7 Å². The van der Waals surface area contributed by atoms with Crippen LogP contribution < -0.4 is 0 Å². The van der Waals surface area contributed by atoms with Crippen LogP contribution >= 0.6 is 0 Å². The Morgan fingerprint density at radius 3 is 1.86 bits per heavy atom. The lowest BCUT2D eigenvalue weighted by Gasteiger charge is -2.25. The van der Waals surface area contributed by atoms with Crippen LogP contribution in [0.25, 0.3) is 0 Å². The Balaban J connectivity index is 4.75. The average molecular weight is 312 g/mol. The zero-order valence-corrected chi connectivity index (χ0v) is 10.6. The van der Waals surface area contributed by atoms with Gasteiger partial charge in [-0.15, -0.1) is 0 Å². The third-order valence-electron chi connectivity index (χ3n) is 2.39. The molecule has 122 valence electrons. The van der Waals surface area contributed by atoms with Gasteiger partial charge in [-0.1, -0.05) is 0 Å². The van der Waals surface area contributed by atoms with Crippen molar-refractivity contribution in [2.45, 2.75) is 36.9 Å². The van der Waals surface area contributed by atoms with Crippen molar-refractivity contribution in [1.29, 1.82) is 0 Å². The number of carbonyl (C=O) groups excluding carboxylic acids is 1. The van der Waals surface area contributed by atoms with E-state index in [0.29, 0.717) is 0 Å². The van der Waals surface area contributed by atoms with E-state index in [-0.39, 0.29) is 0 Å². The predicted octanol–water partition coefficient (Wildman–Crippen LogP) is -4.11. The molecule has 5 atom stereocenters. The summed E-state index contributed by atoms with van der Waals surface area (Å²) in [5.41, 5.74) is 0. The molecular weight excluding hydrogens is 296 g/mol. The number of hydrogen-bond donors (Lipinski definition) is 7. The van der Waals surface area contributed by atoms with E-state index in [1.54, 1.807) is 0 Å². The van der Waals surface area contributed by atoms with Gasteiger partial charge in [-0.05, 0) is 0 Å². The molecule has 0 fully saturated rings. The van der Waals surface area contributed by atoms with Crippen LogP contribution in [-0.2, 0) is 19.1 Å². The summed E-state index contributed by atoms with van der Waals surface area (Å²) in [5.74, 6) is -5.08. The molecule has 0 amide bonds. The van der Waals surface area contributed by atoms with Crippen molar-refractivity contribution in [2.75, 3.05) is 6.61 Å². The first-order valence-corrected chi connectivity index (χ1v) is 5.60. The molecule has 11 nitrogen and oxygen atoms in total. The summed E-state index contributed by atoms with van der Waals surface area (Å²) < 4.78 is 4.18. The number of aliphatic carboxylic acids is 2. The van der Waals surface area contributed by atoms with Crippen molar-refractivity contribution in [2.24, 2.45) is 0 Å². The summed E-state index contributed by atoms with van der Waals surface area (Å²) in [6.45, 7) is -0.975. The maximum atomic E-state index is 11.4. The van der Waals surface area contributed by atoms with E-state index in [1.807, 2.05) is 0 Å². The average Bonchev–Trinajstić information content (AvgIpc) is 2.42. The molecule has 21 heavy (non-hydrogen) atoms. The lowest BCUT2D eigenvalue weighted by molar-refractivity contribution is -0.182. The second kappa shape index (κ2) is 8.49. The normalized spacial score (nSPS) is 18.1. The fourth-order valence-corrected chi connectivity index (χ4v) is 1.21. The van der Waals surface area contributed by atoms with E-state index in [2.05, 4.69) is 4.74 Å². The quantitative estimate of drug-likeness (QED) is 0.204. The van der Waals surface area contributed by atoms with Gasteiger partial charge >= 0.3 is 17.9 Å². The highest BCUT2D eigenvalue weighted by molar-refractivity contribution is 5.84. The molecule has 0 aliphatic carbocycles. The minimum absolute atomic E-state index is 0.975. The van der Waals surface area contributed by atoms with Crippen LogP contribution in [0.4, 0.5) is 0 Å². The van der Waals surface area contributed by atoms with E-state index >= 15 is 0 Å². The topological polar surface area (TPSA) is 202 Å². The van der Waals surface area contributed by atoms with Gasteiger partial charge in [0.05, 0.1) is 13.0 Å². The van der Waals surface area contributed by atoms with Crippen molar-refractivity contribution in [3.8, 4) is 0 Å². The Morgan fingerprint density at radius 2 is 1.48 bits per heavy atom. The summed E-state index contributed by atoms with van der Waals surface area (Å²) in [5, 5.41) is 62.6. The Bertz CT molecular complexity index is 381. The number of aliphatic hydroxyl groups excluding tert-OH is 5. The first-order valence-electron chi connectivity index (χ1n) is 5.60. The minimum Gasteiger partial charge on any atom is -0.481 e. The highest BCUT2D eigenvalue weighted by Gasteiger charge is 2.37. The lowest BCUT2D eigenvalue weighted by atomic mass is 10.0. The molecule has 0 aliphatic rings. The Hall–Kier alpha value is -1.79. The number of ether oxygens (including phenoxy) is 1. The van der Waals surface area contributed by atoms with Crippen LogP contribution in [0.5, 0.6) is 0 Å². The van der Waals surface area contributed by atoms with Crippen molar-refractivity contribution in [3.63, 3.8) is 0 Å². The molecule has 0 saturated heterocycles. The molecule has 0 aromatic carbocycles. The predicted molar refractivity (Wildman–Crippen MR) is 60.9 cm³/mol. The zero-order chi connectivity index (χ0) is 16.7. The fraction of sp³-hybridized carbons (Fsp3) is 0.700. The van der Waals surface area contributed by atoms with E-state index in [4.69, 9.17) is 20.4 Å². The van der Waals surface area contributed by atoms with Crippen molar-refractivity contribution in [1.82, 2.24) is 0 Å². The molecule has 0 rings (SSSR count). The second-order valence-corrected chi connectivity index (χ2v) is 4.04. The van der Waals surface area contributed by atoms with Gasteiger partial charge in [-0.3, -0.25) is 4.79 Å². The number of esters is 1. The van der Waals surface area contributed by atoms with Crippen LogP contribution in [-0.4, -0.2) is 90.8 Å². The molecule has 0 heterocycles. The molecule has 11 heteroatoms. The third-order valence-corrected chi connectivity index (χ3v) is 2.39. The molecule has 0 saturated carbocycles. The summed E-state index contributed by atoms with van der Waals surface area (Å²) in [7, 11) is 0. The van der Waals surface area contributed by atoms with Gasteiger partial charge in [-0.2, -0.15) is 0 Å². The van der Waals surface area contributed by atoms with Crippen LogP contribution in [0, 0.1) is 0 Å². The van der Waals surface area contributed by atoms with Crippen LogP contribution in [0.2, 0.25) is 0 Å². The first-order chi connectivity index (χ1) is 9.61. The summed E-state index contributed by atoms with van der Waals surface area (Å²) in [4.78, 5) is 32.4. The highest BCUT2D eigenvalue weighted by atomic mass is 16.6. The Morgan fingerprint density at radius 1 is 0.952 bits per heavy atom. The maximum Gasteiger partial charge on any atom is 0.345 e. The van der Waals surface area contributed by atoms with Gasteiger partial charge in [0.25, 0.3) is 0 Å². The monoisotopic (exact) mass is 312 g/mol. The first kappa shape index (κ1) is 19.2. The lowest BCUT2D eigenvalue weighted by Crippen LogP contribution is -2.50. The van der Waals surface area contributed by atoms with Gasteiger partial charge in [0.1, 0.15) is 18.3 Å². The van der Waals surface area contributed by atoms with Crippen LogP contribution in [0.3, 0.4) is 0 Å². The Kier molecular flexibility index (Phi) is 7.76. The van der Waals surface area contributed by atoms with Crippen molar-refractivity contribution >= 4 is 17.9 Å². The number of hydrogen-bond acceptors (Lipinski definition) is 9. The van der Waals surface area contributed by atoms with E-state index in [0.717, 1.165) is 0 Å². The number of carboxylic acids is 2. The molecule has 0 aromatic heterocycles. The van der Waals surface area contributed by atoms with Gasteiger partial charge in [-0.25, -0.2) is 9.59 Å². The highest BCUT2D eigenvalue weighted by Crippen LogP contribution is 2.09. The summed E-state index contributed by atoms with van der Waals surface area (Å²) >= 11 is 0.